The number of methoxy groups -OCH3 is 1. The first-order valence-corrected chi connectivity index (χ1v) is 14.6. The third kappa shape index (κ3) is 3.00. The summed E-state index contributed by atoms with van der Waals surface area (Å²) in [5, 5.41) is 23.3. The van der Waals surface area contributed by atoms with Gasteiger partial charge in [-0.25, -0.2) is 0 Å². The molecule has 5 heteroatoms. The van der Waals surface area contributed by atoms with E-state index >= 15 is 0 Å². The number of phenolic OH excluding ortho intramolecular Hbond substituents is 1. The lowest BCUT2D eigenvalue weighted by atomic mass is 9.55. The normalized spacial score (nSPS) is 42.8. The molecule has 7 rings (SSSR count). The van der Waals surface area contributed by atoms with Crippen molar-refractivity contribution in [3.8, 4) is 11.5 Å². The summed E-state index contributed by atoms with van der Waals surface area (Å²) in [6, 6.07) is 4.55. The van der Waals surface area contributed by atoms with Gasteiger partial charge in [-0.2, -0.15) is 0 Å². The van der Waals surface area contributed by atoms with Crippen LogP contribution in [0.2, 0.25) is 0 Å². The third-order valence-electron chi connectivity index (χ3n) is 12.1. The first-order valence-electron chi connectivity index (χ1n) is 14.6. The number of nitrogens with zero attached hydrogens (tertiary/aromatic N) is 1. The minimum atomic E-state index is -0.814. The van der Waals surface area contributed by atoms with Gasteiger partial charge in [-0.05, 0) is 105 Å². The zero-order valence-corrected chi connectivity index (χ0v) is 22.8. The standard InChI is InChI=1S/C31H45NO4/c1-29(2,3)30(4,34)22-15-20-21-10-9-19(22)26(35-5)28-31(21)12-13-32(16-17-6-7-17)23(20)14-18-8-11-24(33)27(36-28)25(18)31/h8,11,17,19-23,26,28,33-34H,6-7,9-10,12-16H2,1-5H3/t19-,20?,21+,22+,23-,26?,28+,30?,31+/m1/s1. The number of aliphatic hydroxyl groups is 1. The average Bonchev–Trinajstić information content (AvgIpc) is 3.62. The molecular weight excluding hydrogens is 450 g/mol. The molecule has 2 heterocycles. The Labute approximate surface area is 216 Å². The van der Waals surface area contributed by atoms with Crippen molar-refractivity contribution < 1.29 is 19.7 Å². The molecule has 0 aromatic heterocycles. The van der Waals surface area contributed by atoms with E-state index in [-0.39, 0.29) is 40.6 Å². The van der Waals surface area contributed by atoms with Crippen molar-refractivity contribution in [2.24, 2.45) is 35.0 Å². The maximum atomic E-state index is 12.2. The summed E-state index contributed by atoms with van der Waals surface area (Å²) in [5.41, 5.74) is 1.54. The summed E-state index contributed by atoms with van der Waals surface area (Å²) < 4.78 is 13.3. The maximum absolute atomic E-state index is 12.2. The fraction of sp³-hybridized carbons (Fsp3) is 0.806. The van der Waals surface area contributed by atoms with Crippen molar-refractivity contribution in [1.29, 1.82) is 0 Å². The second kappa shape index (κ2) is 7.64. The number of phenols is 1. The molecule has 9 atom stereocenters. The second-order valence-electron chi connectivity index (χ2n) is 14.4. The lowest BCUT2D eigenvalue weighted by Crippen LogP contribution is -2.59. The highest BCUT2D eigenvalue weighted by Gasteiger charge is 2.69. The molecule has 4 bridgehead atoms. The monoisotopic (exact) mass is 495 g/mol. The molecule has 0 amide bonds. The summed E-state index contributed by atoms with van der Waals surface area (Å²) in [7, 11) is 1.85. The van der Waals surface area contributed by atoms with Crippen LogP contribution >= 0.6 is 0 Å². The van der Waals surface area contributed by atoms with Crippen molar-refractivity contribution in [1.82, 2.24) is 4.90 Å². The molecule has 1 spiro atoms. The van der Waals surface area contributed by atoms with Crippen LogP contribution < -0.4 is 4.74 Å². The molecule has 1 saturated heterocycles. The van der Waals surface area contributed by atoms with E-state index in [9.17, 15) is 10.2 Å². The van der Waals surface area contributed by atoms with Gasteiger partial charge in [0.15, 0.2) is 11.5 Å². The van der Waals surface area contributed by atoms with Gasteiger partial charge in [0, 0.05) is 30.7 Å². The lowest BCUT2D eigenvalue weighted by Gasteiger charge is -2.52. The van der Waals surface area contributed by atoms with Crippen LogP contribution in [0.4, 0.5) is 0 Å². The fourth-order valence-electron chi connectivity index (χ4n) is 9.73. The first-order chi connectivity index (χ1) is 17.1. The van der Waals surface area contributed by atoms with Gasteiger partial charge < -0.3 is 19.7 Å². The van der Waals surface area contributed by atoms with Gasteiger partial charge in [0.1, 0.15) is 6.10 Å². The van der Waals surface area contributed by atoms with E-state index in [4.69, 9.17) is 9.47 Å². The summed E-state index contributed by atoms with van der Waals surface area (Å²) >= 11 is 0. The van der Waals surface area contributed by atoms with Gasteiger partial charge in [0.05, 0.1) is 11.7 Å². The Bertz CT molecular complexity index is 1060. The zero-order valence-electron chi connectivity index (χ0n) is 22.8. The first kappa shape index (κ1) is 23.8. The Balaban J connectivity index is 1.46. The molecule has 4 fully saturated rings. The van der Waals surface area contributed by atoms with Crippen LogP contribution in [0.3, 0.4) is 0 Å². The van der Waals surface area contributed by atoms with E-state index in [1.807, 2.05) is 13.2 Å². The molecule has 198 valence electrons. The highest BCUT2D eigenvalue weighted by molar-refractivity contribution is 5.60. The molecule has 36 heavy (non-hydrogen) atoms. The second-order valence-corrected chi connectivity index (χ2v) is 14.4. The molecule has 3 saturated carbocycles. The van der Waals surface area contributed by atoms with Gasteiger partial charge in [-0.1, -0.05) is 26.8 Å². The fourth-order valence-corrected chi connectivity index (χ4v) is 9.73. The molecule has 4 aliphatic carbocycles. The number of aromatic hydroxyl groups is 1. The topological polar surface area (TPSA) is 62.2 Å². The van der Waals surface area contributed by atoms with E-state index in [2.05, 4.69) is 38.7 Å². The number of hydrogen-bond acceptors (Lipinski definition) is 5. The molecule has 0 radical (unpaired) electrons. The van der Waals surface area contributed by atoms with Crippen LogP contribution in [-0.4, -0.2) is 59.2 Å². The quantitative estimate of drug-likeness (QED) is 0.622. The summed E-state index contributed by atoms with van der Waals surface area (Å²) in [6.07, 6.45) is 7.94. The van der Waals surface area contributed by atoms with Crippen LogP contribution in [-0.2, 0) is 16.6 Å². The van der Waals surface area contributed by atoms with E-state index < -0.39 is 5.60 Å². The van der Waals surface area contributed by atoms with E-state index in [0.29, 0.717) is 17.9 Å². The lowest BCUT2D eigenvalue weighted by molar-refractivity contribution is -0.157. The van der Waals surface area contributed by atoms with E-state index in [1.54, 1.807) is 0 Å². The third-order valence-corrected chi connectivity index (χ3v) is 12.1. The highest BCUT2D eigenvalue weighted by atomic mass is 16.5. The number of fused-ring (bicyclic) bond motifs is 2. The minimum absolute atomic E-state index is 0.0963. The molecule has 2 aliphatic heterocycles. The van der Waals surface area contributed by atoms with Crippen molar-refractivity contribution in [2.75, 3.05) is 20.2 Å². The van der Waals surface area contributed by atoms with Gasteiger partial charge in [0.2, 0.25) is 0 Å². The van der Waals surface area contributed by atoms with E-state index in [0.717, 1.165) is 50.3 Å². The Hall–Kier alpha value is -1.30. The van der Waals surface area contributed by atoms with Crippen LogP contribution in [0.1, 0.15) is 77.3 Å². The van der Waals surface area contributed by atoms with Gasteiger partial charge in [0.25, 0.3) is 0 Å². The molecule has 1 aromatic carbocycles. The number of benzene rings is 1. The molecule has 1 aromatic rings. The van der Waals surface area contributed by atoms with Gasteiger partial charge in [-0.15, -0.1) is 0 Å². The van der Waals surface area contributed by atoms with Crippen molar-refractivity contribution in [3.05, 3.63) is 23.3 Å². The number of likely N-dealkylation sites (tertiary alicyclic amines) is 1. The van der Waals surface area contributed by atoms with Gasteiger partial charge >= 0.3 is 0 Å². The Kier molecular flexibility index (Phi) is 5.05. The summed E-state index contributed by atoms with van der Waals surface area (Å²) in [4.78, 5) is 2.85. The molecule has 5 nitrogen and oxygen atoms in total. The maximum Gasteiger partial charge on any atom is 0.165 e. The predicted octanol–water partition coefficient (Wildman–Crippen LogP) is 4.91. The minimum Gasteiger partial charge on any atom is -0.504 e. The largest absolute Gasteiger partial charge is 0.504 e. The highest BCUT2D eigenvalue weighted by Crippen LogP contribution is 2.67. The Morgan fingerprint density at radius 1 is 1.11 bits per heavy atom. The number of ether oxygens (including phenoxy) is 2. The van der Waals surface area contributed by atoms with Crippen LogP contribution in [0.25, 0.3) is 0 Å². The molecule has 3 unspecified atom stereocenters. The van der Waals surface area contributed by atoms with Crippen LogP contribution in [0, 0.1) is 35.0 Å². The predicted molar refractivity (Wildman–Crippen MR) is 139 cm³/mol. The van der Waals surface area contributed by atoms with Crippen molar-refractivity contribution in [2.45, 2.75) is 102 Å². The Morgan fingerprint density at radius 2 is 1.89 bits per heavy atom. The number of rotatable bonds is 4. The average molecular weight is 496 g/mol. The van der Waals surface area contributed by atoms with Crippen LogP contribution in [0.5, 0.6) is 11.5 Å². The number of hydrogen-bond donors (Lipinski definition) is 2. The van der Waals surface area contributed by atoms with Crippen molar-refractivity contribution >= 4 is 0 Å². The van der Waals surface area contributed by atoms with Gasteiger partial charge in [-0.3, -0.25) is 4.90 Å². The summed E-state index contributed by atoms with van der Waals surface area (Å²) in [6.45, 7) is 11.0. The summed E-state index contributed by atoms with van der Waals surface area (Å²) in [5.74, 6) is 3.26. The zero-order chi connectivity index (χ0) is 25.2. The van der Waals surface area contributed by atoms with E-state index in [1.165, 1.54) is 30.5 Å². The molecular formula is C31H45NO4. The van der Waals surface area contributed by atoms with Crippen molar-refractivity contribution in [3.63, 3.8) is 0 Å². The van der Waals surface area contributed by atoms with Crippen LogP contribution in [0.15, 0.2) is 12.1 Å². The molecule has 6 aliphatic rings. The molecule has 2 N–H and O–H groups in total. The Morgan fingerprint density at radius 3 is 2.58 bits per heavy atom. The SMILES string of the molecule is COC1[C@@H]2CC[C@H]3C(C[C@@H]2C(C)(O)C(C)(C)C)[C@H]2Cc4ccc(O)c5c4[C@@]3(CCN2CC2CC2)[C@H]1O5. The smallest absolute Gasteiger partial charge is 0.165 e.